The van der Waals surface area contributed by atoms with E-state index in [1.165, 1.54) is 55.6 Å². The van der Waals surface area contributed by atoms with Crippen molar-refractivity contribution >= 4 is 0 Å². The molecule has 1 heteroatoms. The lowest BCUT2D eigenvalue weighted by Gasteiger charge is -2.30. The molecule has 1 unspecified atom stereocenters. The van der Waals surface area contributed by atoms with Gasteiger partial charge < -0.3 is 0 Å². The molecule has 158 valence electrons. The lowest BCUT2D eigenvalue weighted by molar-refractivity contribution is 0.296. The summed E-state index contributed by atoms with van der Waals surface area (Å²) in [6.07, 6.45) is 0. The molecule has 0 bridgehead atoms. The van der Waals surface area contributed by atoms with Gasteiger partial charge >= 0.3 is 0 Å². The van der Waals surface area contributed by atoms with Crippen LogP contribution in [0.2, 0.25) is 0 Å². The molecule has 0 aromatic heterocycles. The van der Waals surface area contributed by atoms with Crippen LogP contribution >= 0.6 is 0 Å². The molecule has 0 aliphatic heterocycles. The Labute approximate surface area is 191 Å². The van der Waals surface area contributed by atoms with Gasteiger partial charge in [-0.05, 0) is 75.6 Å². The summed E-state index contributed by atoms with van der Waals surface area (Å²) < 4.78 is 0. The summed E-state index contributed by atoms with van der Waals surface area (Å²) in [6.45, 7) is 9.90. The second-order valence-corrected chi connectivity index (χ2v) is 9.14. The molecule has 2 aliphatic carbocycles. The van der Waals surface area contributed by atoms with Gasteiger partial charge in [0, 0.05) is 6.54 Å². The topological polar surface area (TPSA) is 3.24 Å². The standard InChI is InChI=1S/C31H29N/c1-4-32(5-2)20-22-13-11-19-28-30(22)24-15-7-9-17-26(24)31(28)25-16-8-6-14-23(25)29-21(3)12-10-18-27(29)31/h6-19H,4-5,20H2,1-3H3. The average molecular weight is 416 g/mol. The van der Waals surface area contributed by atoms with Crippen molar-refractivity contribution in [2.75, 3.05) is 13.1 Å². The molecule has 32 heavy (non-hydrogen) atoms. The summed E-state index contributed by atoms with van der Waals surface area (Å²) in [5, 5.41) is 0. The summed E-state index contributed by atoms with van der Waals surface area (Å²) in [5.74, 6) is 0. The van der Waals surface area contributed by atoms with E-state index in [4.69, 9.17) is 0 Å². The van der Waals surface area contributed by atoms with E-state index in [1.54, 1.807) is 0 Å². The fraction of sp³-hybridized carbons (Fsp3) is 0.226. The summed E-state index contributed by atoms with van der Waals surface area (Å²) in [5.41, 5.74) is 13.9. The molecule has 2 aliphatic rings. The van der Waals surface area contributed by atoms with Crippen LogP contribution in [0.4, 0.5) is 0 Å². The molecule has 1 spiro atoms. The third-order valence-electron chi connectivity index (χ3n) is 7.72. The predicted octanol–water partition coefficient (Wildman–Crippen LogP) is 7.18. The number of aryl methyl sites for hydroxylation is 1. The molecule has 0 radical (unpaired) electrons. The van der Waals surface area contributed by atoms with Crippen LogP contribution in [0, 0.1) is 6.92 Å². The SMILES string of the molecule is CCN(CC)Cc1cccc2c1-c1ccccc1C21c2ccccc2-c2c(C)cccc21. The van der Waals surface area contributed by atoms with Crippen molar-refractivity contribution in [3.05, 3.63) is 118 Å². The first kappa shape index (κ1) is 19.5. The predicted molar refractivity (Wildman–Crippen MR) is 134 cm³/mol. The molecular formula is C31H29N. The summed E-state index contributed by atoms with van der Waals surface area (Å²) >= 11 is 0. The van der Waals surface area contributed by atoms with E-state index in [1.807, 2.05) is 0 Å². The average Bonchev–Trinajstić information content (AvgIpc) is 3.31. The zero-order valence-corrected chi connectivity index (χ0v) is 19.2. The molecule has 1 atom stereocenters. The maximum atomic E-state index is 2.52. The Hall–Kier alpha value is -3.16. The molecule has 0 amide bonds. The van der Waals surface area contributed by atoms with Gasteiger partial charge in [-0.1, -0.05) is 98.8 Å². The first-order valence-corrected chi connectivity index (χ1v) is 11.9. The van der Waals surface area contributed by atoms with Crippen LogP contribution in [0.15, 0.2) is 84.9 Å². The van der Waals surface area contributed by atoms with E-state index >= 15 is 0 Å². The molecule has 4 aromatic rings. The maximum Gasteiger partial charge on any atom is 0.0725 e. The Morgan fingerprint density at radius 3 is 1.78 bits per heavy atom. The number of hydrogen-bond donors (Lipinski definition) is 0. The highest BCUT2D eigenvalue weighted by Crippen LogP contribution is 2.63. The van der Waals surface area contributed by atoms with Gasteiger partial charge in [0.15, 0.2) is 0 Å². The second-order valence-electron chi connectivity index (χ2n) is 9.14. The largest absolute Gasteiger partial charge is 0.300 e. The van der Waals surface area contributed by atoms with Gasteiger partial charge in [0.1, 0.15) is 0 Å². The van der Waals surface area contributed by atoms with Crippen LogP contribution in [0.3, 0.4) is 0 Å². The lowest BCUT2D eigenvalue weighted by Crippen LogP contribution is -2.26. The third kappa shape index (κ3) is 2.38. The van der Waals surface area contributed by atoms with Crippen LogP contribution in [0.5, 0.6) is 0 Å². The van der Waals surface area contributed by atoms with Crippen LogP contribution in [0.25, 0.3) is 22.3 Å². The molecule has 0 N–H and O–H groups in total. The first-order chi connectivity index (χ1) is 15.7. The van der Waals surface area contributed by atoms with Crippen molar-refractivity contribution in [2.45, 2.75) is 32.7 Å². The highest BCUT2D eigenvalue weighted by molar-refractivity contribution is 5.96. The van der Waals surface area contributed by atoms with Crippen LogP contribution in [-0.2, 0) is 12.0 Å². The van der Waals surface area contributed by atoms with E-state index < -0.39 is 0 Å². The Kier molecular flexibility index (Phi) is 4.38. The molecule has 4 aromatic carbocycles. The summed E-state index contributed by atoms with van der Waals surface area (Å²) in [7, 11) is 0. The first-order valence-electron chi connectivity index (χ1n) is 11.9. The Morgan fingerprint density at radius 2 is 1.12 bits per heavy atom. The molecule has 0 saturated carbocycles. The van der Waals surface area contributed by atoms with Crippen LogP contribution in [0.1, 0.15) is 47.2 Å². The molecule has 0 saturated heterocycles. The Bertz CT molecular complexity index is 1340. The number of rotatable bonds is 4. The van der Waals surface area contributed by atoms with Crippen molar-refractivity contribution < 1.29 is 0 Å². The van der Waals surface area contributed by atoms with E-state index in [0.29, 0.717) is 0 Å². The maximum absolute atomic E-state index is 2.52. The van der Waals surface area contributed by atoms with Crippen molar-refractivity contribution in [3.8, 4) is 22.3 Å². The van der Waals surface area contributed by atoms with Gasteiger partial charge in [-0.25, -0.2) is 0 Å². The minimum atomic E-state index is -0.233. The van der Waals surface area contributed by atoms with Crippen LogP contribution < -0.4 is 0 Å². The molecular weight excluding hydrogens is 386 g/mol. The fourth-order valence-corrected chi connectivity index (χ4v) is 6.32. The normalized spacial score (nSPS) is 17.4. The zero-order chi connectivity index (χ0) is 21.9. The van der Waals surface area contributed by atoms with Gasteiger partial charge in [0.25, 0.3) is 0 Å². The minimum Gasteiger partial charge on any atom is -0.300 e. The number of nitrogens with zero attached hydrogens (tertiary/aromatic N) is 1. The molecule has 6 rings (SSSR count). The highest BCUT2D eigenvalue weighted by Gasteiger charge is 2.52. The molecule has 0 heterocycles. The monoisotopic (exact) mass is 415 g/mol. The second kappa shape index (κ2) is 7.18. The smallest absolute Gasteiger partial charge is 0.0725 e. The third-order valence-corrected chi connectivity index (χ3v) is 7.72. The van der Waals surface area contributed by atoms with Crippen molar-refractivity contribution in [3.63, 3.8) is 0 Å². The number of fused-ring (bicyclic) bond motifs is 10. The highest BCUT2D eigenvalue weighted by atomic mass is 15.1. The van der Waals surface area contributed by atoms with E-state index in [9.17, 15) is 0 Å². The van der Waals surface area contributed by atoms with Gasteiger partial charge in [-0.2, -0.15) is 0 Å². The molecule has 1 nitrogen and oxygen atoms in total. The van der Waals surface area contributed by atoms with Gasteiger partial charge in [0.05, 0.1) is 5.41 Å². The van der Waals surface area contributed by atoms with Gasteiger partial charge in [-0.3, -0.25) is 4.90 Å². The number of hydrogen-bond acceptors (Lipinski definition) is 1. The Balaban J connectivity index is 1.74. The lowest BCUT2D eigenvalue weighted by atomic mass is 9.70. The summed E-state index contributed by atoms with van der Waals surface area (Å²) in [6, 6.07) is 32.1. The van der Waals surface area contributed by atoms with E-state index in [-0.39, 0.29) is 5.41 Å². The quantitative estimate of drug-likeness (QED) is 0.295. The minimum absolute atomic E-state index is 0.233. The van der Waals surface area contributed by atoms with E-state index in [2.05, 4.69) is 111 Å². The summed E-state index contributed by atoms with van der Waals surface area (Å²) in [4.78, 5) is 2.52. The van der Waals surface area contributed by atoms with Gasteiger partial charge in [-0.15, -0.1) is 0 Å². The Morgan fingerprint density at radius 1 is 0.594 bits per heavy atom. The van der Waals surface area contributed by atoms with Crippen molar-refractivity contribution in [1.29, 1.82) is 0 Å². The van der Waals surface area contributed by atoms with E-state index in [0.717, 1.165) is 19.6 Å². The fourth-order valence-electron chi connectivity index (χ4n) is 6.32. The van der Waals surface area contributed by atoms with Crippen molar-refractivity contribution in [2.24, 2.45) is 0 Å². The van der Waals surface area contributed by atoms with Crippen LogP contribution in [-0.4, -0.2) is 18.0 Å². The van der Waals surface area contributed by atoms with Gasteiger partial charge in [0.2, 0.25) is 0 Å². The molecule has 0 fully saturated rings. The van der Waals surface area contributed by atoms with Crippen molar-refractivity contribution in [1.82, 2.24) is 4.90 Å². The number of benzene rings is 4. The zero-order valence-electron chi connectivity index (χ0n) is 19.2.